The molecular formula is C28H45N7O5S. The van der Waals surface area contributed by atoms with E-state index in [1.54, 1.807) is 29.4 Å². The Bertz CT molecular complexity index is 1300. The summed E-state index contributed by atoms with van der Waals surface area (Å²) in [5.41, 5.74) is 0.198. The first-order valence-corrected chi connectivity index (χ1v) is 16.1. The second-order valence-corrected chi connectivity index (χ2v) is 12.7. The number of aromatic nitrogens is 4. The largest absolute Gasteiger partial charge is 0.393 e. The van der Waals surface area contributed by atoms with Gasteiger partial charge in [0.1, 0.15) is 0 Å². The monoisotopic (exact) mass is 591 g/mol. The summed E-state index contributed by atoms with van der Waals surface area (Å²) >= 11 is 1.90. The molecule has 4 rings (SSSR count). The first-order valence-electron chi connectivity index (χ1n) is 15.0. The normalized spacial score (nSPS) is 20.7. The summed E-state index contributed by atoms with van der Waals surface area (Å²) in [6.07, 6.45) is 10.0. The number of amides is 3. The molecule has 0 spiro atoms. The first-order chi connectivity index (χ1) is 19.8. The number of aliphatic hydroxyl groups is 1. The van der Waals surface area contributed by atoms with Crippen LogP contribution in [0, 0.1) is 0 Å². The Morgan fingerprint density at radius 1 is 1.07 bits per heavy atom. The van der Waals surface area contributed by atoms with Crippen molar-refractivity contribution in [1.82, 2.24) is 34.6 Å². The lowest BCUT2D eigenvalue weighted by molar-refractivity contribution is -0.121. The topological polar surface area (TPSA) is 152 Å². The number of rotatable bonds is 17. The molecule has 4 atom stereocenters. The van der Waals surface area contributed by atoms with E-state index < -0.39 is 6.10 Å². The van der Waals surface area contributed by atoms with Gasteiger partial charge in [0.15, 0.2) is 11.2 Å². The molecule has 0 bridgehead atoms. The average Bonchev–Trinajstić information content (AvgIpc) is 3.61. The molecule has 2 fully saturated rings. The maximum absolute atomic E-state index is 13.2. The van der Waals surface area contributed by atoms with Crippen LogP contribution in [0.1, 0.15) is 77.6 Å². The molecule has 2 saturated heterocycles. The van der Waals surface area contributed by atoms with E-state index in [0.29, 0.717) is 55.3 Å². The molecule has 228 valence electrons. The first kappa shape index (κ1) is 31.1. The van der Waals surface area contributed by atoms with Gasteiger partial charge >= 0.3 is 11.7 Å². The van der Waals surface area contributed by atoms with E-state index >= 15 is 0 Å². The van der Waals surface area contributed by atoms with Crippen LogP contribution < -0.4 is 27.2 Å². The molecule has 4 heterocycles. The quantitative estimate of drug-likeness (QED) is 0.162. The number of imidazole rings is 1. The number of thioether (sulfide) groups is 1. The summed E-state index contributed by atoms with van der Waals surface area (Å²) in [5.74, 6) is 1.04. The summed E-state index contributed by atoms with van der Waals surface area (Å²) in [6, 6.07) is 0.392. The number of hydrogen-bond donors (Lipinski definition) is 4. The summed E-state index contributed by atoms with van der Waals surface area (Å²) < 4.78 is 4.57. The number of unbranched alkanes of at least 4 members (excludes halogenated alkanes) is 5. The summed E-state index contributed by atoms with van der Waals surface area (Å²) in [4.78, 5) is 54.2. The van der Waals surface area contributed by atoms with E-state index in [0.717, 1.165) is 57.1 Å². The molecule has 2 aromatic heterocycles. The Hall–Kier alpha value is -2.80. The molecule has 0 aromatic carbocycles. The number of carbonyl (C=O) groups is 2. The van der Waals surface area contributed by atoms with E-state index in [1.165, 1.54) is 4.57 Å². The molecule has 0 saturated carbocycles. The maximum atomic E-state index is 13.2. The Balaban J connectivity index is 1.13. The standard InChI is InChI=1S/C28H45N7O5S/c1-19(36)11-7-10-16-35-26(38)24-25(30-18-33(24)2)34(28(35)40)15-9-4-3-8-14-29-22(37)13-6-5-12-21-23-20(17-41-21)31-27(39)32-23/h18-21,23,36H,3-17H2,1-2H3,(H,29,37)(H2,31,32,39)/t19-,20+,21+,23+/m1/s1. The smallest absolute Gasteiger partial charge is 0.332 e. The van der Waals surface area contributed by atoms with E-state index in [-0.39, 0.29) is 35.3 Å². The van der Waals surface area contributed by atoms with Gasteiger partial charge in [0.25, 0.3) is 5.56 Å². The van der Waals surface area contributed by atoms with Crippen LogP contribution in [-0.2, 0) is 24.9 Å². The molecule has 0 aliphatic carbocycles. The minimum absolute atomic E-state index is 0.0638. The molecule has 3 amide bonds. The van der Waals surface area contributed by atoms with Crippen molar-refractivity contribution in [2.24, 2.45) is 7.05 Å². The van der Waals surface area contributed by atoms with E-state index in [1.807, 2.05) is 11.8 Å². The minimum Gasteiger partial charge on any atom is -0.393 e. The van der Waals surface area contributed by atoms with Gasteiger partial charge in [0, 0.05) is 44.1 Å². The maximum Gasteiger partial charge on any atom is 0.332 e. The number of aliphatic hydroxyl groups excluding tert-OH is 1. The molecule has 2 aliphatic heterocycles. The van der Waals surface area contributed by atoms with Crippen molar-refractivity contribution >= 4 is 34.9 Å². The third-order valence-corrected chi connectivity index (χ3v) is 9.56. The highest BCUT2D eigenvalue weighted by molar-refractivity contribution is 8.00. The van der Waals surface area contributed by atoms with Gasteiger partial charge in [-0.05, 0) is 51.9 Å². The predicted octanol–water partition coefficient (Wildman–Crippen LogP) is 1.85. The van der Waals surface area contributed by atoms with Crippen LogP contribution >= 0.6 is 11.8 Å². The number of urea groups is 1. The molecule has 12 nitrogen and oxygen atoms in total. The van der Waals surface area contributed by atoms with Crippen LogP contribution in [-0.4, -0.2) is 71.5 Å². The van der Waals surface area contributed by atoms with Crippen LogP contribution in [0.4, 0.5) is 4.79 Å². The second-order valence-electron chi connectivity index (χ2n) is 11.4. The van der Waals surface area contributed by atoms with Crippen molar-refractivity contribution in [3.05, 3.63) is 27.2 Å². The van der Waals surface area contributed by atoms with E-state index in [9.17, 15) is 24.3 Å². The van der Waals surface area contributed by atoms with Crippen molar-refractivity contribution in [3.63, 3.8) is 0 Å². The third kappa shape index (κ3) is 8.15. The molecule has 0 unspecified atom stereocenters. The fourth-order valence-corrected chi connectivity index (χ4v) is 7.30. The van der Waals surface area contributed by atoms with Crippen LogP contribution in [0.2, 0.25) is 0 Å². The zero-order valence-corrected chi connectivity index (χ0v) is 25.1. The van der Waals surface area contributed by atoms with Gasteiger partial charge in [0.05, 0.1) is 24.5 Å². The van der Waals surface area contributed by atoms with Crippen molar-refractivity contribution < 1.29 is 14.7 Å². The molecule has 4 N–H and O–H groups in total. The molecule has 0 radical (unpaired) electrons. The Labute approximate surface area is 244 Å². The second kappa shape index (κ2) is 14.9. The van der Waals surface area contributed by atoms with Crippen molar-refractivity contribution in [2.45, 2.75) is 114 Å². The minimum atomic E-state index is -0.396. The van der Waals surface area contributed by atoms with Gasteiger partial charge in [0.2, 0.25) is 5.91 Å². The zero-order valence-electron chi connectivity index (χ0n) is 24.3. The van der Waals surface area contributed by atoms with E-state index in [4.69, 9.17) is 0 Å². The number of carbonyl (C=O) groups excluding carboxylic acids is 2. The van der Waals surface area contributed by atoms with Crippen molar-refractivity contribution in [3.8, 4) is 0 Å². The van der Waals surface area contributed by atoms with Crippen molar-refractivity contribution in [1.29, 1.82) is 0 Å². The predicted molar refractivity (Wildman–Crippen MR) is 160 cm³/mol. The van der Waals surface area contributed by atoms with E-state index in [2.05, 4.69) is 20.9 Å². The number of aryl methyl sites for hydroxylation is 2. The molecule has 2 aromatic rings. The molecular weight excluding hydrogens is 546 g/mol. The highest BCUT2D eigenvalue weighted by Crippen LogP contribution is 2.33. The van der Waals surface area contributed by atoms with Gasteiger partial charge in [-0.25, -0.2) is 14.6 Å². The number of fused-ring (bicyclic) bond motifs is 2. The Kier molecular flexibility index (Phi) is 11.3. The number of nitrogens with zero attached hydrogens (tertiary/aromatic N) is 4. The molecule has 13 heteroatoms. The summed E-state index contributed by atoms with van der Waals surface area (Å²) in [6.45, 7) is 3.17. The van der Waals surface area contributed by atoms with Gasteiger partial charge in [-0.3, -0.25) is 18.7 Å². The average molecular weight is 592 g/mol. The summed E-state index contributed by atoms with van der Waals surface area (Å²) in [5, 5.41) is 18.9. The fraction of sp³-hybridized carbons (Fsp3) is 0.750. The highest BCUT2D eigenvalue weighted by Gasteiger charge is 2.42. The zero-order chi connectivity index (χ0) is 29.4. The third-order valence-electron chi connectivity index (χ3n) is 8.05. The lowest BCUT2D eigenvalue weighted by Crippen LogP contribution is -2.40. The van der Waals surface area contributed by atoms with Gasteiger partial charge in [-0.15, -0.1) is 0 Å². The van der Waals surface area contributed by atoms with Crippen LogP contribution in [0.3, 0.4) is 0 Å². The van der Waals surface area contributed by atoms with Gasteiger partial charge in [-0.2, -0.15) is 11.8 Å². The lowest BCUT2D eigenvalue weighted by Gasteiger charge is -2.16. The van der Waals surface area contributed by atoms with Crippen molar-refractivity contribution in [2.75, 3.05) is 12.3 Å². The Morgan fingerprint density at radius 2 is 1.83 bits per heavy atom. The highest BCUT2D eigenvalue weighted by atomic mass is 32.2. The Morgan fingerprint density at radius 3 is 2.63 bits per heavy atom. The number of nitrogens with one attached hydrogen (secondary N) is 3. The van der Waals surface area contributed by atoms with Crippen LogP contribution in [0.25, 0.3) is 11.2 Å². The molecule has 2 aliphatic rings. The SMILES string of the molecule is C[C@@H](O)CCCCn1c(=O)c2c(ncn2C)n(CCCCCCNC(=O)CCCC[C@@H]2SC[C@@H]3NC(=O)N[C@@H]32)c1=O. The van der Waals surface area contributed by atoms with Crippen LogP contribution in [0.5, 0.6) is 0 Å². The summed E-state index contributed by atoms with van der Waals surface area (Å²) in [7, 11) is 1.76. The molecule has 41 heavy (non-hydrogen) atoms. The van der Waals surface area contributed by atoms with Crippen LogP contribution in [0.15, 0.2) is 15.9 Å². The number of hydrogen-bond acceptors (Lipinski definition) is 7. The van der Waals surface area contributed by atoms with Gasteiger partial charge in [-0.1, -0.05) is 19.3 Å². The fourth-order valence-electron chi connectivity index (χ4n) is 5.76. The lowest BCUT2D eigenvalue weighted by atomic mass is 10.0. The van der Waals surface area contributed by atoms with Gasteiger partial charge < -0.3 is 25.6 Å².